The molecule has 0 N–H and O–H groups in total. The van der Waals surface area contributed by atoms with Crippen molar-refractivity contribution in [3.8, 4) is 0 Å². The number of benzene rings is 2. The van der Waals surface area contributed by atoms with Crippen molar-refractivity contribution >= 4 is 0 Å². The molecule has 0 radical (unpaired) electrons. The van der Waals surface area contributed by atoms with Crippen LogP contribution < -0.4 is 0 Å². The van der Waals surface area contributed by atoms with Gasteiger partial charge in [0.15, 0.2) is 0 Å². The minimum atomic E-state index is 0.643. The fourth-order valence-corrected chi connectivity index (χ4v) is 3.88. The summed E-state index contributed by atoms with van der Waals surface area (Å²) in [5.74, 6) is 0.735. The van der Waals surface area contributed by atoms with Gasteiger partial charge in [-0.2, -0.15) is 0 Å². The van der Waals surface area contributed by atoms with Gasteiger partial charge in [-0.05, 0) is 29.9 Å². The molecular weight excluding hydrogens is 254 g/mol. The summed E-state index contributed by atoms with van der Waals surface area (Å²) < 4.78 is 0. The zero-order valence-corrected chi connectivity index (χ0v) is 12.2. The summed E-state index contributed by atoms with van der Waals surface area (Å²) in [6.07, 6.45) is 7.33. The van der Waals surface area contributed by atoms with Crippen LogP contribution in [-0.2, 0) is 13.0 Å². The second kappa shape index (κ2) is 5.50. The van der Waals surface area contributed by atoms with Gasteiger partial charge in [0.25, 0.3) is 0 Å². The standard InChI is InChI=1S/C20H21N/c1-3-7-16(8-4-1)13-20-18-11-12-19(14-18)21(20)15-17-9-5-2-6-10-17/h1-12,18-20H,13-15H2. The van der Waals surface area contributed by atoms with Crippen molar-refractivity contribution in [3.63, 3.8) is 0 Å². The Bertz CT molecular complexity index is 561. The molecule has 106 valence electrons. The van der Waals surface area contributed by atoms with Crippen molar-refractivity contribution in [2.45, 2.75) is 31.5 Å². The lowest BCUT2D eigenvalue weighted by atomic mass is 9.94. The van der Waals surface area contributed by atoms with Crippen LogP contribution in [0.3, 0.4) is 0 Å². The zero-order valence-electron chi connectivity index (χ0n) is 12.2. The number of nitrogens with zero attached hydrogens (tertiary/aromatic N) is 1. The van der Waals surface area contributed by atoms with Crippen LogP contribution in [0.15, 0.2) is 72.8 Å². The Kier molecular flexibility index (Phi) is 3.36. The molecular formula is C20H21N. The third kappa shape index (κ3) is 2.54. The fourth-order valence-electron chi connectivity index (χ4n) is 3.88. The largest absolute Gasteiger partial charge is 0.289 e. The molecule has 2 aromatic carbocycles. The molecule has 2 aliphatic rings. The summed E-state index contributed by atoms with van der Waals surface area (Å²) in [5, 5.41) is 0. The summed E-state index contributed by atoms with van der Waals surface area (Å²) in [4.78, 5) is 2.70. The number of hydrogen-bond donors (Lipinski definition) is 0. The Hall–Kier alpha value is -1.86. The molecule has 1 aliphatic heterocycles. The predicted molar refractivity (Wildman–Crippen MR) is 87.0 cm³/mol. The number of rotatable bonds is 4. The van der Waals surface area contributed by atoms with Gasteiger partial charge < -0.3 is 0 Å². The average molecular weight is 275 g/mol. The zero-order chi connectivity index (χ0) is 14.1. The molecule has 4 rings (SSSR count). The lowest BCUT2D eigenvalue weighted by molar-refractivity contribution is 0.189. The van der Waals surface area contributed by atoms with E-state index in [1.165, 1.54) is 24.0 Å². The molecule has 1 aliphatic carbocycles. The summed E-state index contributed by atoms with van der Waals surface area (Å²) in [7, 11) is 0. The topological polar surface area (TPSA) is 3.24 Å². The monoisotopic (exact) mass is 275 g/mol. The molecule has 1 heterocycles. The highest BCUT2D eigenvalue weighted by Crippen LogP contribution is 2.39. The molecule has 0 spiro atoms. The first-order valence-corrected chi connectivity index (χ1v) is 7.92. The van der Waals surface area contributed by atoms with Gasteiger partial charge in [0.2, 0.25) is 0 Å². The molecule has 1 heteroatoms. The molecule has 0 aromatic heterocycles. The van der Waals surface area contributed by atoms with E-state index in [0.717, 1.165) is 12.5 Å². The second-order valence-electron chi connectivity index (χ2n) is 6.27. The lowest BCUT2D eigenvalue weighted by Gasteiger charge is -2.33. The van der Waals surface area contributed by atoms with Crippen molar-refractivity contribution in [1.82, 2.24) is 4.90 Å². The molecule has 1 fully saturated rings. The first kappa shape index (κ1) is 12.8. The fraction of sp³-hybridized carbons (Fsp3) is 0.300. The lowest BCUT2D eigenvalue weighted by Crippen LogP contribution is -2.39. The van der Waals surface area contributed by atoms with Crippen LogP contribution in [-0.4, -0.2) is 17.0 Å². The minimum absolute atomic E-state index is 0.643. The van der Waals surface area contributed by atoms with Crippen LogP contribution in [0, 0.1) is 5.92 Å². The Morgan fingerprint density at radius 3 is 2.19 bits per heavy atom. The maximum atomic E-state index is 2.70. The highest BCUT2D eigenvalue weighted by Gasteiger charge is 2.41. The molecule has 2 aromatic rings. The SMILES string of the molecule is C1=CC2CC1C(Cc1ccccc1)N2Cc1ccccc1. The third-order valence-corrected chi connectivity index (χ3v) is 4.94. The van der Waals surface area contributed by atoms with Crippen LogP contribution in [0.5, 0.6) is 0 Å². The van der Waals surface area contributed by atoms with Gasteiger partial charge in [0.05, 0.1) is 0 Å². The van der Waals surface area contributed by atoms with Crippen molar-refractivity contribution in [3.05, 3.63) is 83.9 Å². The van der Waals surface area contributed by atoms with Crippen molar-refractivity contribution < 1.29 is 0 Å². The summed E-state index contributed by atoms with van der Waals surface area (Å²) in [6.45, 7) is 1.07. The minimum Gasteiger partial charge on any atom is -0.289 e. The van der Waals surface area contributed by atoms with E-state index < -0.39 is 0 Å². The van der Waals surface area contributed by atoms with E-state index in [-0.39, 0.29) is 0 Å². The smallest absolute Gasteiger partial charge is 0.0291 e. The van der Waals surface area contributed by atoms with E-state index >= 15 is 0 Å². The average Bonchev–Trinajstić information content (AvgIpc) is 3.13. The van der Waals surface area contributed by atoms with Crippen molar-refractivity contribution in [1.29, 1.82) is 0 Å². The maximum Gasteiger partial charge on any atom is 0.0291 e. The van der Waals surface area contributed by atoms with Gasteiger partial charge in [-0.1, -0.05) is 72.8 Å². The maximum absolute atomic E-state index is 2.70. The predicted octanol–water partition coefficient (Wildman–Crippen LogP) is 4.06. The van der Waals surface area contributed by atoms with Crippen LogP contribution in [0.1, 0.15) is 17.5 Å². The normalized spacial score (nSPS) is 27.3. The van der Waals surface area contributed by atoms with Crippen LogP contribution in [0.4, 0.5) is 0 Å². The van der Waals surface area contributed by atoms with E-state index in [0.29, 0.717) is 12.1 Å². The molecule has 21 heavy (non-hydrogen) atoms. The molecule has 1 nitrogen and oxygen atoms in total. The Morgan fingerprint density at radius 2 is 1.48 bits per heavy atom. The Labute approximate surface area is 126 Å². The van der Waals surface area contributed by atoms with Crippen LogP contribution >= 0.6 is 0 Å². The summed E-state index contributed by atoms with van der Waals surface area (Å²) in [5.41, 5.74) is 2.89. The highest BCUT2D eigenvalue weighted by molar-refractivity contribution is 5.24. The highest BCUT2D eigenvalue weighted by atomic mass is 15.2. The Balaban J connectivity index is 1.55. The van der Waals surface area contributed by atoms with E-state index in [4.69, 9.17) is 0 Å². The Morgan fingerprint density at radius 1 is 0.810 bits per heavy atom. The summed E-state index contributed by atoms with van der Waals surface area (Å²) in [6, 6.07) is 23.1. The van der Waals surface area contributed by atoms with Gasteiger partial charge in [0.1, 0.15) is 0 Å². The second-order valence-corrected chi connectivity index (χ2v) is 6.27. The molecule has 0 amide bonds. The summed E-state index contributed by atoms with van der Waals surface area (Å²) >= 11 is 0. The van der Waals surface area contributed by atoms with Crippen LogP contribution in [0.2, 0.25) is 0 Å². The van der Waals surface area contributed by atoms with Crippen molar-refractivity contribution in [2.75, 3.05) is 0 Å². The first-order chi connectivity index (χ1) is 10.4. The van der Waals surface area contributed by atoms with Gasteiger partial charge in [-0.25, -0.2) is 0 Å². The van der Waals surface area contributed by atoms with E-state index in [2.05, 4.69) is 77.7 Å². The third-order valence-electron chi connectivity index (χ3n) is 4.94. The number of hydrogen-bond acceptors (Lipinski definition) is 1. The molecule has 2 bridgehead atoms. The number of likely N-dealkylation sites (tertiary alicyclic amines) is 1. The van der Waals surface area contributed by atoms with E-state index in [1.807, 2.05) is 0 Å². The number of fused-ring (bicyclic) bond motifs is 2. The van der Waals surface area contributed by atoms with E-state index in [1.54, 1.807) is 0 Å². The molecule has 3 unspecified atom stereocenters. The molecule has 1 saturated heterocycles. The van der Waals surface area contributed by atoms with Gasteiger partial charge >= 0.3 is 0 Å². The molecule has 3 atom stereocenters. The van der Waals surface area contributed by atoms with Crippen molar-refractivity contribution in [2.24, 2.45) is 5.92 Å². The quantitative estimate of drug-likeness (QED) is 0.761. The van der Waals surface area contributed by atoms with Gasteiger partial charge in [0, 0.05) is 18.6 Å². The van der Waals surface area contributed by atoms with Gasteiger partial charge in [-0.3, -0.25) is 4.90 Å². The first-order valence-electron chi connectivity index (χ1n) is 7.92. The van der Waals surface area contributed by atoms with Crippen LogP contribution in [0.25, 0.3) is 0 Å². The van der Waals surface area contributed by atoms with Gasteiger partial charge in [-0.15, -0.1) is 0 Å². The molecule has 0 saturated carbocycles. The van der Waals surface area contributed by atoms with E-state index in [9.17, 15) is 0 Å².